The van der Waals surface area contributed by atoms with Crippen molar-refractivity contribution in [3.05, 3.63) is 30.3 Å². The van der Waals surface area contributed by atoms with Crippen LogP contribution >= 0.6 is 12.4 Å². The minimum absolute atomic E-state index is 0. The molecular weight excluding hydrogens is 174 g/mol. The van der Waals surface area contributed by atoms with E-state index >= 15 is 0 Å². The molecule has 0 fully saturated rings. The van der Waals surface area contributed by atoms with Crippen molar-refractivity contribution in [3.8, 4) is 0 Å². The number of nitrogens with zero attached hydrogens (tertiary/aromatic N) is 1. The van der Waals surface area contributed by atoms with Crippen molar-refractivity contribution in [2.75, 3.05) is 5.06 Å². The predicted molar refractivity (Wildman–Crippen MR) is 53.1 cm³/mol. The molecule has 0 unspecified atom stereocenters. The van der Waals surface area contributed by atoms with E-state index in [1.165, 1.54) is 5.06 Å². The van der Waals surface area contributed by atoms with Crippen LogP contribution in [0.4, 0.5) is 5.69 Å². The van der Waals surface area contributed by atoms with Crippen LogP contribution in [0.5, 0.6) is 0 Å². The van der Waals surface area contributed by atoms with Crippen LogP contribution in [0.2, 0.25) is 0 Å². The number of halogens is 1. The van der Waals surface area contributed by atoms with E-state index in [1.807, 2.05) is 44.2 Å². The van der Waals surface area contributed by atoms with Gasteiger partial charge in [0, 0.05) is 0 Å². The molecule has 0 spiro atoms. The lowest BCUT2D eigenvalue weighted by molar-refractivity contribution is 0.229. The van der Waals surface area contributed by atoms with E-state index in [4.69, 9.17) is 0 Å². The largest absolute Gasteiger partial charge is 0.288 e. The second kappa shape index (κ2) is 5.01. The lowest BCUT2D eigenvalue weighted by atomic mass is 10.3. The molecule has 2 nitrogen and oxygen atoms in total. The maximum Gasteiger partial charge on any atom is 0.0637 e. The first-order chi connectivity index (χ1) is 5.22. The molecule has 0 aliphatic heterocycles. The normalized spacial score (nSPS) is 9.33. The van der Waals surface area contributed by atoms with Crippen LogP contribution < -0.4 is 5.06 Å². The molecule has 3 heteroatoms. The van der Waals surface area contributed by atoms with Gasteiger partial charge in [0.05, 0.1) is 11.7 Å². The molecule has 0 saturated heterocycles. The van der Waals surface area contributed by atoms with Gasteiger partial charge in [-0.1, -0.05) is 18.2 Å². The molecule has 0 aliphatic carbocycles. The molecule has 0 bridgehead atoms. The molecule has 12 heavy (non-hydrogen) atoms. The van der Waals surface area contributed by atoms with Gasteiger partial charge in [-0.15, -0.1) is 12.4 Å². The molecule has 0 heterocycles. The van der Waals surface area contributed by atoms with E-state index in [2.05, 4.69) is 0 Å². The van der Waals surface area contributed by atoms with Crippen LogP contribution in [0.1, 0.15) is 13.8 Å². The summed E-state index contributed by atoms with van der Waals surface area (Å²) in [7, 11) is 0. The summed E-state index contributed by atoms with van der Waals surface area (Å²) >= 11 is 0. The number of hydroxylamine groups is 1. The second-order valence-corrected chi connectivity index (χ2v) is 2.77. The van der Waals surface area contributed by atoms with E-state index in [0.717, 1.165) is 5.69 Å². The first kappa shape index (κ1) is 11.3. The summed E-state index contributed by atoms with van der Waals surface area (Å²) in [5.41, 5.74) is 0.836. The molecule has 1 aromatic rings. The average Bonchev–Trinajstić information content (AvgIpc) is 2.05. The number of hydrogen-bond acceptors (Lipinski definition) is 2. The van der Waals surface area contributed by atoms with Crippen molar-refractivity contribution in [2.24, 2.45) is 0 Å². The van der Waals surface area contributed by atoms with Gasteiger partial charge in [0.15, 0.2) is 0 Å². The highest BCUT2D eigenvalue weighted by Crippen LogP contribution is 2.12. The van der Waals surface area contributed by atoms with Crippen LogP contribution in [0, 0.1) is 0 Å². The van der Waals surface area contributed by atoms with Crippen LogP contribution in [-0.2, 0) is 0 Å². The number of anilines is 1. The van der Waals surface area contributed by atoms with Crippen molar-refractivity contribution in [1.29, 1.82) is 0 Å². The fourth-order valence-corrected chi connectivity index (χ4v) is 0.879. The third-order valence-electron chi connectivity index (χ3n) is 1.51. The van der Waals surface area contributed by atoms with Crippen LogP contribution in [0.15, 0.2) is 30.3 Å². The Morgan fingerprint density at radius 3 is 2.08 bits per heavy atom. The Bertz CT molecular complexity index is 213. The molecule has 0 atom stereocenters. The molecule has 0 radical (unpaired) electrons. The maximum atomic E-state index is 9.43. The van der Waals surface area contributed by atoms with E-state index in [0.29, 0.717) is 0 Å². The van der Waals surface area contributed by atoms with Gasteiger partial charge >= 0.3 is 0 Å². The SMILES string of the molecule is CC(C)N(O)c1ccccc1.Cl. The molecule has 0 amide bonds. The third-order valence-corrected chi connectivity index (χ3v) is 1.51. The van der Waals surface area contributed by atoms with Gasteiger partial charge < -0.3 is 0 Å². The summed E-state index contributed by atoms with van der Waals surface area (Å²) in [4.78, 5) is 0. The van der Waals surface area contributed by atoms with E-state index in [-0.39, 0.29) is 18.4 Å². The standard InChI is InChI=1S/C9H13NO.ClH/c1-8(2)10(11)9-6-4-3-5-7-9;/h3-8,11H,1-2H3;1H. The van der Waals surface area contributed by atoms with Gasteiger partial charge in [-0.05, 0) is 26.0 Å². The summed E-state index contributed by atoms with van der Waals surface area (Å²) in [6.45, 7) is 3.88. The lowest BCUT2D eigenvalue weighted by Crippen LogP contribution is -2.26. The first-order valence-corrected chi connectivity index (χ1v) is 3.75. The zero-order valence-electron chi connectivity index (χ0n) is 7.27. The summed E-state index contributed by atoms with van der Waals surface area (Å²) in [6, 6.07) is 9.61. The molecule has 0 aromatic heterocycles. The number of hydrogen-bond donors (Lipinski definition) is 1. The smallest absolute Gasteiger partial charge is 0.0637 e. The Morgan fingerprint density at radius 1 is 1.17 bits per heavy atom. The molecule has 0 aliphatic rings. The fourth-order valence-electron chi connectivity index (χ4n) is 0.879. The minimum atomic E-state index is 0. The summed E-state index contributed by atoms with van der Waals surface area (Å²) < 4.78 is 0. The van der Waals surface area contributed by atoms with Gasteiger partial charge in [-0.3, -0.25) is 10.3 Å². The van der Waals surface area contributed by atoms with Crippen LogP contribution in [0.25, 0.3) is 0 Å². The maximum absolute atomic E-state index is 9.43. The highest BCUT2D eigenvalue weighted by Gasteiger charge is 2.04. The average molecular weight is 188 g/mol. The zero-order valence-corrected chi connectivity index (χ0v) is 8.08. The fraction of sp³-hybridized carbons (Fsp3) is 0.333. The highest BCUT2D eigenvalue weighted by atomic mass is 35.5. The van der Waals surface area contributed by atoms with Gasteiger partial charge in [0.25, 0.3) is 0 Å². The lowest BCUT2D eigenvalue weighted by Gasteiger charge is -2.20. The Balaban J connectivity index is 0.00000121. The van der Waals surface area contributed by atoms with Crippen molar-refractivity contribution in [3.63, 3.8) is 0 Å². The second-order valence-electron chi connectivity index (χ2n) is 2.77. The molecule has 1 rings (SSSR count). The molecule has 1 N–H and O–H groups in total. The predicted octanol–water partition coefficient (Wildman–Crippen LogP) is 2.71. The van der Waals surface area contributed by atoms with Crippen molar-refractivity contribution < 1.29 is 5.21 Å². The highest BCUT2D eigenvalue weighted by molar-refractivity contribution is 5.85. The summed E-state index contributed by atoms with van der Waals surface area (Å²) in [6.07, 6.45) is 0. The zero-order chi connectivity index (χ0) is 8.27. The molecular formula is C9H14ClNO. The number of rotatable bonds is 2. The third kappa shape index (κ3) is 2.72. The number of benzene rings is 1. The van der Waals surface area contributed by atoms with E-state index in [1.54, 1.807) is 0 Å². The van der Waals surface area contributed by atoms with Crippen molar-refractivity contribution in [1.82, 2.24) is 0 Å². The van der Waals surface area contributed by atoms with Crippen molar-refractivity contribution >= 4 is 18.1 Å². The Kier molecular flexibility index (Phi) is 4.71. The Labute approximate surface area is 79.2 Å². The van der Waals surface area contributed by atoms with Crippen LogP contribution in [-0.4, -0.2) is 11.2 Å². The summed E-state index contributed by atoms with van der Waals surface area (Å²) in [5.74, 6) is 0. The van der Waals surface area contributed by atoms with Gasteiger partial charge in [0.2, 0.25) is 0 Å². The summed E-state index contributed by atoms with van der Waals surface area (Å²) in [5, 5.41) is 10.7. The molecule has 68 valence electrons. The quantitative estimate of drug-likeness (QED) is 0.720. The van der Waals surface area contributed by atoms with E-state index in [9.17, 15) is 5.21 Å². The Morgan fingerprint density at radius 2 is 1.67 bits per heavy atom. The molecule has 0 saturated carbocycles. The van der Waals surface area contributed by atoms with Gasteiger partial charge in [-0.2, -0.15) is 0 Å². The Hall–Kier alpha value is -0.730. The molecule has 1 aromatic carbocycles. The van der Waals surface area contributed by atoms with Gasteiger partial charge in [0.1, 0.15) is 0 Å². The number of para-hydroxylation sites is 1. The van der Waals surface area contributed by atoms with E-state index < -0.39 is 0 Å². The minimum Gasteiger partial charge on any atom is -0.288 e. The van der Waals surface area contributed by atoms with Crippen molar-refractivity contribution in [2.45, 2.75) is 19.9 Å². The topological polar surface area (TPSA) is 23.5 Å². The van der Waals surface area contributed by atoms with Gasteiger partial charge in [-0.25, -0.2) is 0 Å². The van der Waals surface area contributed by atoms with Crippen LogP contribution in [0.3, 0.4) is 0 Å². The first-order valence-electron chi connectivity index (χ1n) is 3.75. The monoisotopic (exact) mass is 187 g/mol.